The molecular formula is C21H33N3O4S. The molecule has 0 saturated carbocycles. The highest BCUT2D eigenvalue weighted by Gasteiger charge is 2.32. The zero-order valence-corrected chi connectivity index (χ0v) is 18.2. The van der Waals surface area contributed by atoms with Crippen LogP contribution in [-0.4, -0.2) is 56.6 Å². The van der Waals surface area contributed by atoms with Crippen molar-refractivity contribution in [3.63, 3.8) is 0 Å². The van der Waals surface area contributed by atoms with E-state index in [1.165, 1.54) is 0 Å². The maximum atomic E-state index is 13.2. The van der Waals surface area contributed by atoms with E-state index < -0.39 is 16.1 Å². The summed E-state index contributed by atoms with van der Waals surface area (Å²) >= 11 is 0. The van der Waals surface area contributed by atoms with Gasteiger partial charge in [0.25, 0.3) is 0 Å². The number of aliphatic hydroxyl groups is 1. The molecule has 2 aliphatic rings. The van der Waals surface area contributed by atoms with Crippen molar-refractivity contribution in [2.24, 2.45) is 11.8 Å². The summed E-state index contributed by atoms with van der Waals surface area (Å²) in [4.78, 5) is 15.0. The van der Waals surface area contributed by atoms with Gasteiger partial charge in [-0.2, -0.15) is 4.72 Å². The molecule has 8 heteroatoms. The van der Waals surface area contributed by atoms with Gasteiger partial charge in [-0.1, -0.05) is 26.0 Å². The molecule has 1 fully saturated rings. The molecule has 162 valence electrons. The molecule has 0 radical (unpaired) electrons. The number of benzene rings is 1. The van der Waals surface area contributed by atoms with Crippen molar-refractivity contribution >= 4 is 21.6 Å². The van der Waals surface area contributed by atoms with Crippen molar-refractivity contribution in [1.82, 2.24) is 9.62 Å². The Labute approximate surface area is 173 Å². The lowest BCUT2D eigenvalue weighted by atomic mass is 9.96. The molecule has 2 atom stereocenters. The standard InChI is InChI=1S/C21H33N3O4S/c1-15-8-10-24(11-9-15)21(26)18(6-4-12-25)23-29(27,28)19-7-3-5-17-13-16(2)14-22-20(17)19/h3,5,7,15-16,18,22-23,25H,4,6,8-14H2,1-2H3. The molecule has 0 spiro atoms. The van der Waals surface area contributed by atoms with Crippen molar-refractivity contribution in [2.75, 3.05) is 31.6 Å². The minimum absolute atomic E-state index is 0.0806. The number of sulfonamides is 1. The van der Waals surface area contributed by atoms with Crippen LogP contribution in [0.2, 0.25) is 0 Å². The van der Waals surface area contributed by atoms with E-state index >= 15 is 0 Å². The smallest absolute Gasteiger partial charge is 0.243 e. The summed E-state index contributed by atoms with van der Waals surface area (Å²) in [5, 5.41) is 12.5. The van der Waals surface area contributed by atoms with Crippen LogP contribution in [0, 0.1) is 11.8 Å². The molecule has 0 bridgehead atoms. The first-order valence-corrected chi connectivity index (χ1v) is 12.1. The fraction of sp³-hybridized carbons (Fsp3) is 0.667. The van der Waals surface area contributed by atoms with Gasteiger partial charge < -0.3 is 15.3 Å². The predicted molar refractivity (Wildman–Crippen MR) is 113 cm³/mol. The number of aliphatic hydroxyl groups excluding tert-OH is 1. The van der Waals surface area contributed by atoms with E-state index in [4.69, 9.17) is 0 Å². The normalized spacial score (nSPS) is 21.3. The van der Waals surface area contributed by atoms with E-state index in [0.717, 1.165) is 31.4 Å². The Bertz CT molecular complexity index is 819. The highest BCUT2D eigenvalue weighted by atomic mass is 32.2. The summed E-state index contributed by atoms with van der Waals surface area (Å²) < 4.78 is 29.1. The molecule has 0 aliphatic carbocycles. The fourth-order valence-corrected chi connectivity index (χ4v) is 5.57. The summed E-state index contributed by atoms with van der Waals surface area (Å²) in [7, 11) is -3.88. The van der Waals surface area contributed by atoms with Gasteiger partial charge >= 0.3 is 0 Å². The van der Waals surface area contributed by atoms with Crippen LogP contribution >= 0.6 is 0 Å². The van der Waals surface area contributed by atoms with E-state index in [-0.39, 0.29) is 23.8 Å². The summed E-state index contributed by atoms with van der Waals surface area (Å²) in [6.45, 7) is 6.23. The van der Waals surface area contributed by atoms with Crippen LogP contribution in [0.15, 0.2) is 23.1 Å². The predicted octanol–water partition coefficient (Wildman–Crippen LogP) is 1.97. The number of carbonyl (C=O) groups is 1. The molecule has 0 aromatic heterocycles. The number of rotatable bonds is 7. The van der Waals surface area contributed by atoms with E-state index in [9.17, 15) is 18.3 Å². The second-order valence-corrected chi connectivity index (χ2v) is 10.2. The Hall–Kier alpha value is -1.64. The number of fused-ring (bicyclic) bond motifs is 1. The van der Waals surface area contributed by atoms with E-state index in [1.54, 1.807) is 17.0 Å². The van der Waals surface area contributed by atoms with Crippen molar-refractivity contribution < 1.29 is 18.3 Å². The Morgan fingerprint density at radius 2 is 2.00 bits per heavy atom. The number of likely N-dealkylation sites (tertiary alicyclic amines) is 1. The highest BCUT2D eigenvalue weighted by Crippen LogP contribution is 2.31. The van der Waals surface area contributed by atoms with Crippen LogP contribution in [0.4, 0.5) is 5.69 Å². The van der Waals surface area contributed by atoms with Crippen molar-refractivity contribution in [1.29, 1.82) is 0 Å². The third-order valence-corrected chi connectivity index (χ3v) is 7.45. The van der Waals surface area contributed by atoms with E-state index in [1.807, 2.05) is 6.07 Å². The van der Waals surface area contributed by atoms with Gasteiger partial charge in [0.1, 0.15) is 10.9 Å². The molecule has 2 heterocycles. The fourth-order valence-electron chi connectivity index (χ4n) is 4.12. The minimum Gasteiger partial charge on any atom is -0.396 e. The van der Waals surface area contributed by atoms with E-state index in [2.05, 4.69) is 23.9 Å². The minimum atomic E-state index is -3.88. The molecular weight excluding hydrogens is 390 g/mol. The number of amides is 1. The summed E-state index contributed by atoms with van der Waals surface area (Å²) in [6.07, 6.45) is 3.33. The Morgan fingerprint density at radius 1 is 1.28 bits per heavy atom. The number of para-hydroxylation sites is 1. The van der Waals surface area contributed by atoms with Crippen molar-refractivity contribution in [2.45, 2.75) is 56.9 Å². The third kappa shape index (κ3) is 5.29. The van der Waals surface area contributed by atoms with Gasteiger partial charge in [-0.3, -0.25) is 4.79 Å². The molecule has 2 aliphatic heterocycles. The summed E-state index contributed by atoms with van der Waals surface area (Å²) in [6, 6.07) is 4.42. The Balaban J connectivity index is 1.81. The number of nitrogens with zero attached hydrogens (tertiary/aromatic N) is 1. The molecule has 2 unspecified atom stereocenters. The van der Waals surface area contributed by atoms with Crippen LogP contribution in [-0.2, 0) is 21.2 Å². The number of carbonyl (C=O) groups excluding carboxylic acids is 1. The second-order valence-electron chi connectivity index (χ2n) is 8.53. The largest absolute Gasteiger partial charge is 0.396 e. The summed E-state index contributed by atoms with van der Waals surface area (Å²) in [5.41, 5.74) is 1.62. The van der Waals surface area contributed by atoms with Gasteiger partial charge in [-0.25, -0.2) is 8.42 Å². The lowest BCUT2D eigenvalue weighted by Gasteiger charge is -2.33. The lowest BCUT2D eigenvalue weighted by molar-refractivity contribution is -0.134. The second kappa shape index (κ2) is 9.45. The first-order valence-electron chi connectivity index (χ1n) is 10.6. The van der Waals surface area contributed by atoms with Crippen LogP contribution < -0.4 is 10.0 Å². The van der Waals surface area contributed by atoms with Gasteiger partial charge in [-0.05, 0) is 55.6 Å². The van der Waals surface area contributed by atoms with Gasteiger partial charge in [0.2, 0.25) is 15.9 Å². The van der Waals surface area contributed by atoms with Gasteiger partial charge in [-0.15, -0.1) is 0 Å². The number of nitrogens with one attached hydrogen (secondary N) is 2. The molecule has 1 amide bonds. The first-order chi connectivity index (χ1) is 13.8. The topological polar surface area (TPSA) is 98.7 Å². The average molecular weight is 424 g/mol. The molecule has 3 rings (SSSR count). The van der Waals surface area contributed by atoms with Gasteiger partial charge in [0.05, 0.1) is 5.69 Å². The van der Waals surface area contributed by atoms with Crippen LogP contribution in [0.1, 0.15) is 45.1 Å². The molecule has 1 saturated heterocycles. The van der Waals surface area contributed by atoms with Crippen LogP contribution in [0.5, 0.6) is 0 Å². The van der Waals surface area contributed by atoms with Gasteiger partial charge in [0.15, 0.2) is 0 Å². The number of piperidine rings is 1. The van der Waals surface area contributed by atoms with Crippen molar-refractivity contribution in [3.8, 4) is 0 Å². The molecule has 1 aromatic carbocycles. The van der Waals surface area contributed by atoms with Crippen LogP contribution in [0.3, 0.4) is 0 Å². The zero-order valence-electron chi connectivity index (χ0n) is 17.4. The third-order valence-electron chi connectivity index (χ3n) is 5.94. The SMILES string of the molecule is CC1CCN(C(=O)C(CCCO)NS(=O)(=O)c2cccc3c2NCC(C)C3)CC1. The maximum Gasteiger partial charge on any atom is 0.243 e. The molecule has 1 aromatic rings. The Morgan fingerprint density at radius 3 is 2.69 bits per heavy atom. The maximum absolute atomic E-state index is 13.2. The molecule has 3 N–H and O–H groups in total. The molecule has 7 nitrogen and oxygen atoms in total. The van der Waals surface area contributed by atoms with Crippen LogP contribution in [0.25, 0.3) is 0 Å². The summed E-state index contributed by atoms with van der Waals surface area (Å²) in [5.74, 6) is 0.824. The van der Waals surface area contributed by atoms with Crippen molar-refractivity contribution in [3.05, 3.63) is 23.8 Å². The number of hydrogen-bond acceptors (Lipinski definition) is 5. The quantitative estimate of drug-likeness (QED) is 0.623. The number of hydrogen-bond donors (Lipinski definition) is 3. The van der Waals surface area contributed by atoms with Gasteiger partial charge in [0, 0.05) is 26.2 Å². The zero-order chi connectivity index (χ0) is 21.0. The Kier molecular flexibility index (Phi) is 7.19. The molecule has 29 heavy (non-hydrogen) atoms. The first kappa shape index (κ1) is 22.1. The monoisotopic (exact) mass is 423 g/mol. The van der Waals surface area contributed by atoms with E-state index in [0.29, 0.717) is 37.0 Å². The average Bonchev–Trinajstić information content (AvgIpc) is 2.70. The lowest BCUT2D eigenvalue weighted by Crippen LogP contribution is -2.50. The highest BCUT2D eigenvalue weighted by molar-refractivity contribution is 7.89. The number of anilines is 1.